The lowest BCUT2D eigenvalue weighted by Crippen LogP contribution is -2.64. The van der Waals surface area contributed by atoms with E-state index in [0.717, 1.165) is 31.9 Å². The van der Waals surface area contributed by atoms with E-state index in [0.29, 0.717) is 6.04 Å². The first-order chi connectivity index (χ1) is 9.03. The predicted octanol–water partition coefficient (Wildman–Crippen LogP) is 1.30. The molecule has 0 unspecified atom stereocenters. The van der Waals surface area contributed by atoms with E-state index in [4.69, 9.17) is 5.73 Å². The summed E-state index contributed by atoms with van der Waals surface area (Å²) in [7, 11) is 0. The van der Waals surface area contributed by atoms with Gasteiger partial charge in [-0.15, -0.1) is 0 Å². The number of nitrogen functional groups attached to an aromatic ring is 1. The van der Waals surface area contributed by atoms with E-state index in [2.05, 4.69) is 21.9 Å². The third-order valence-corrected chi connectivity index (χ3v) is 4.33. The molecule has 4 heteroatoms. The molecule has 2 heterocycles. The van der Waals surface area contributed by atoms with Gasteiger partial charge in [-0.25, -0.2) is 0 Å². The summed E-state index contributed by atoms with van der Waals surface area (Å²) in [5, 5.41) is 9.81. The van der Waals surface area contributed by atoms with Crippen LogP contribution in [-0.2, 0) is 0 Å². The molecule has 104 valence electrons. The van der Waals surface area contributed by atoms with Gasteiger partial charge < -0.3 is 15.7 Å². The van der Waals surface area contributed by atoms with Gasteiger partial charge in [-0.05, 0) is 44.0 Å². The predicted molar refractivity (Wildman–Crippen MR) is 78.3 cm³/mol. The Bertz CT molecular complexity index is 427. The molecule has 2 saturated heterocycles. The molecule has 0 amide bonds. The number of nitrogens with zero attached hydrogens (tertiary/aromatic N) is 2. The monoisotopic (exact) mass is 261 g/mol. The van der Waals surface area contributed by atoms with Gasteiger partial charge in [-0.1, -0.05) is 0 Å². The molecule has 1 aromatic carbocycles. The van der Waals surface area contributed by atoms with Crippen molar-refractivity contribution in [1.82, 2.24) is 4.90 Å². The molecule has 2 aliphatic heterocycles. The minimum atomic E-state index is -0.450. The maximum Gasteiger partial charge on any atom is 0.0872 e. The van der Waals surface area contributed by atoms with Gasteiger partial charge in [0, 0.05) is 43.6 Å². The maximum atomic E-state index is 9.81. The Morgan fingerprint density at radius 2 is 1.74 bits per heavy atom. The lowest BCUT2D eigenvalue weighted by atomic mass is 9.91. The smallest absolute Gasteiger partial charge is 0.0872 e. The van der Waals surface area contributed by atoms with Crippen LogP contribution in [-0.4, -0.2) is 47.8 Å². The number of aliphatic hydroxyl groups is 1. The molecule has 1 aromatic rings. The highest BCUT2D eigenvalue weighted by molar-refractivity contribution is 5.53. The van der Waals surface area contributed by atoms with Crippen molar-refractivity contribution in [3.05, 3.63) is 24.3 Å². The average Bonchev–Trinajstić information content (AvgIpc) is 2.37. The molecule has 4 nitrogen and oxygen atoms in total. The molecule has 0 radical (unpaired) electrons. The van der Waals surface area contributed by atoms with E-state index in [1.54, 1.807) is 0 Å². The fraction of sp³-hybridized carbons (Fsp3) is 0.600. The second-order valence-corrected chi connectivity index (χ2v) is 6.21. The lowest BCUT2D eigenvalue weighted by molar-refractivity contribution is -0.105. The summed E-state index contributed by atoms with van der Waals surface area (Å²) >= 11 is 0. The molecule has 0 saturated carbocycles. The number of β-amino-alcohol motifs (C(OH)–C–C–N with tert-alkyl or cyclic N) is 1. The van der Waals surface area contributed by atoms with Crippen LogP contribution in [0.15, 0.2) is 24.3 Å². The molecule has 2 aliphatic rings. The van der Waals surface area contributed by atoms with Gasteiger partial charge in [0.2, 0.25) is 0 Å². The van der Waals surface area contributed by atoms with E-state index in [-0.39, 0.29) is 0 Å². The van der Waals surface area contributed by atoms with Crippen molar-refractivity contribution in [2.45, 2.75) is 31.4 Å². The Hall–Kier alpha value is -1.26. The van der Waals surface area contributed by atoms with E-state index in [1.165, 1.54) is 18.5 Å². The SMILES string of the molecule is CC1(O)CN(C2CCN(c3ccc(N)cc3)CC2)C1. The van der Waals surface area contributed by atoms with Crippen LogP contribution in [0.5, 0.6) is 0 Å². The van der Waals surface area contributed by atoms with E-state index >= 15 is 0 Å². The maximum absolute atomic E-state index is 9.81. The second-order valence-electron chi connectivity index (χ2n) is 6.21. The number of likely N-dealkylation sites (tertiary alicyclic amines) is 1. The molecule has 3 N–H and O–H groups in total. The average molecular weight is 261 g/mol. The van der Waals surface area contributed by atoms with Gasteiger partial charge in [-0.2, -0.15) is 0 Å². The van der Waals surface area contributed by atoms with Gasteiger partial charge in [-0.3, -0.25) is 4.90 Å². The molecule has 2 fully saturated rings. The quantitative estimate of drug-likeness (QED) is 0.788. The van der Waals surface area contributed by atoms with Gasteiger partial charge >= 0.3 is 0 Å². The molecular weight excluding hydrogens is 238 g/mol. The number of piperidine rings is 1. The van der Waals surface area contributed by atoms with E-state index in [1.807, 2.05) is 19.1 Å². The van der Waals surface area contributed by atoms with Crippen molar-refractivity contribution in [3.8, 4) is 0 Å². The zero-order valence-electron chi connectivity index (χ0n) is 11.5. The third kappa shape index (κ3) is 2.69. The highest BCUT2D eigenvalue weighted by atomic mass is 16.3. The topological polar surface area (TPSA) is 52.7 Å². The normalized spacial score (nSPS) is 24.2. The summed E-state index contributed by atoms with van der Waals surface area (Å²) in [6, 6.07) is 8.78. The van der Waals surface area contributed by atoms with Crippen molar-refractivity contribution in [3.63, 3.8) is 0 Å². The first-order valence-corrected chi connectivity index (χ1v) is 7.10. The van der Waals surface area contributed by atoms with Crippen LogP contribution in [0.2, 0.25) is 0 Å². The number of hydrogen-bond donors (Lipinski definition) is 2. The summed E-state index contributed by atoms with van der Waals surface area (Å²) in [5.41, 5.74) is 7.36. The van der Waals surface area contributed by atoms with Crippen molar-refractivity contribution in [2.75, 3.05) is 36.8 Å². The minimum Gasteiger partial charge on any atom is -0.399 e. The number of rotatable bonds is 2. The van der Waals surface area contributed by atoms with Crippen LogP contribution in [0.1, 0.15) is 19.8 Å². The fourth-order valence-corrected chi connectivity index (χ4v) is 3.26. The molecule has 19 heavy (non-hydrogen) atoms. The highest BCUT2D eigenvalue weighted by Gasteiger charge is 2.40. The van der Waals surface area contributed by atoms with Crippen LogP contribution >= 0.6 is 0 Å². The zero-order valence-corrected chi connectivity index (χ0v) is 11.5. The Morgan fingerprint density at radius 1 is 1.16 bits per heavy atom. The van der Waals surface area contributed by atoms with Gasteiger partial charge in [0.25, 0.3) is 0 Å². The number of benzene rings is 1. The van der Waals surface area contributed by atoms with Crippen molar-refractivity contribution in [2.24, 2.45) is 0 Å². The number of anilines is 2. The summed E-state index contributed by atoms with van der Waals surface area (Å²) in [6.45, 7) is 5.77. The third-order valence-electron chi connectivity index (χ3n) is 4.33. The van der Waals surface area contributed by atoms with Gasteiger partial charge in [0.15, 0.2) is 0 Å². The summed E-state index contributed by atoms with van der Waals surface area (Å²) in [6.07, 6.45) is 2.36. The highest BCUT2D eigenvalue weighted by Crippen LogP contribution is 2.29. The molecule has 0 bridgehead atoms. The Balaban J connectivity index is 1.54. The van der Waals surface area contributed by atoms with E-state index < -0.39 is 5.60 Å². The number of hydrogen-bond acceptors (Lipinski definition) is 4. The molecule has 0 spiro atoms. The van der Waals surface area contributed by atoms with Crippen molar-refractivity contribution < 1.29 is 5.11 Å². The van der Waals surface area contributed by atoms with Crippen LogP contribution in [0.3, 0.4) is 0 Å². The Labute approximate surface area is 114 Å². The van der Waals surface area contributed by atoms with Gasteiger partial charge in [0.1, 0.15) is 0 Å². The minimum absolute atomic E-state index is 0.450. The fourth-order valence-electron chi connectivity index (χ4n) is 3.26. The van der Waals surface area contributed by atoms with Crippen LogP contribution in [0, 0.1) is 0 Å². The summed E-state index contributed by atoms with van der Waals surface area (Å²) in [5.74, 6) is 0. The molecule has 0 aliphatic carbocycles. The van der Waals surface area contributed by atoms with E-state index in [9.17, 15) is 5.11 Å². The molecule has 3 rings (SSSR count). The zero-order chi connectivity index (χ0) is 13.5. The van der Waals surface area contributed by atoms with Crippen LogP contribution in [0.25, 0.3) is 0 Å². The van der Waals surface area contributed by atoms with Gasteiger partial charge in [0.05, 0.1) is 5.60 Å². The number of nitrogens with two attached hydrogens (primary N) is 1. The largest absolute Gasteiger partial charge is 0.399 e. The van der Waals surface area contributed by atoms with Crippen LogP contribution in [0.4, 0.5) is 11.4 Å². The Morgan fingerprint density at radius 3 is 2.26 bits per heavy atom. The summed E-state index contributed by atoms with van der Waals surface area (Å²) in [4.78, 5) is 4.84. The summed E-state index contributed by atoms with van der Waals surface area (Å²) < 4.78 is 0. The first-order valence-electron chi connectivity index (χ1n) is 7.10. The first kappa shape index (κ1) is 12.8. The Kier molecular flexibility index (Phi) is 3.15. The van der Waals surface area contributed by atoms with Crippen molar-refractivity contribution >= 4 is 11.4 Å². The molecule has 0 atom stereocenters. The van der Waals surface area contributed by atoms with Crippen molar-refractivity contribution in [1.29, 1.82) is 0 Å². The van der Waals surface area contributed by atoms with Crippen LogP contribution < -0.4 is 10.6 Å². The standard InChI is InChI=1S/C15H23N3O/c1-15(19)10-18(11-15)14-6-8-17(9-7-14)13-4-2-12(16)3-5-13/h2-5,14,19H,6-11,16H2,1H3. The molecule has 0 aromatic heterocycles. The second kappa shape index (κ2) is 4.69. The lowest BCUT2D eigenvalue weighted by Gasteiger charge is -2.50. The molecular formula is C15H23N3O.